The lowest BCUT2D eigenvalue weighted by molar-refractivity contribution is 0.198. The van der Waals surface area contributed by atoms with Crippen molar-refractivity contribution in [2.45, 2.75) is 20.0 Å². The Labute approximate surface area is 103 Å². The summed E-state index contributed by atoms with van der Waals surface area (Å²) in [6.45, 7) is 3.35. The molecule has 2 aromatic rings. The highest BCUT2D eigenvalue weighted by atomic mass is 16.3. The molecule has 0 bridgehead atoms. The second kappa shape index (κ2) is 4.06. The summed E-state index contributed by atoms with van der Waals surface area (Å²) in [4.78, 5) is 28.0. The standard InChI is InChI=1S/C12H15N3O3/c1-6-8(7(2)16)5-9-10(13-6)14(3)12(18)15(4)11(9)17/h5,7,16H,1-4H3. The Balaban J connectivity index is 3.04. The van der Waals surface area contributed by atoms with Gasteiger partial charge in [-0.25, -0.2) is 9.78 Å². The van der Waals surface area contributed by atoms with Gasteiger partial charge >= 0.3 is 5.69 Å². The van der Waals surface area contributed by atoms with Crippen molar-refractivity contribution in [3.8, 4) is 0 Å². The van der Waals surface area contributed by atoms with Crippen LogP contribution in [0.5, 0.6) is 0 Å². The van der Waals surface area contributed by atoms with E-state index in [2.05, 4.69) is 4.98 Å². The van der Waals surface area contributed by atoms with Gasteiger partial charge in [-0.3, -0.25) is 13.9 Å². The molecule has 96 valence electrons. The first-order valence-electron chi connectivity index (χ1n) is 5.60. The minimum Gasteiger partial charge on any atom is -0.389 e. The van der Waals surface area contributed by atoms with E-state index in [0.717, 1.165) is 4.57 Å². The Kier molecular flexibility index (Phi) is 2.82. The lowest BCUT2D eigenvalue weighted by Crippen LogP contribution is -2.37. The SMILES string of the molecule is Cc1nc2c(cc1C(C)O)c(=O)n(C)c(=O)n2C. The number of hydrogen-bond acceptors (Lipinski definition) is 4. The van der Waals surface area contributed by atoms with Crippen LogP contribution in [-0.2, 0) is 14.1 Å². The van der Waals surface area contributed by atoms with E-state index in [1.165, 1.54) is 11.6 Å². The van der Waals surface area contributed by atoms with Crippen molar-refractivity contribution in [1.82, 2.24) is 14.1 Å². The molecule has 1 atom stereocenters. The smallest absolute Gasteiger partial charge is 0.332 e. The lowest BCUT2D eigenvalue weighted by atomic mass is 10.1. The third kappa shape index (κ3) is 1.65. The van der Waals surface area contributed by atoms with Crippen LogP contribution in [0.15, 0.2) is 15.7 Å². The van der Waals surface area contributed by atoms with Crippen molar-refractivity contribution in [2.75, 3.05) is 0 Å². The van der Waals surface area contributed by atoms with Gasteiger partial charge in [0, 0.05) is 25.4 Å². The van der Waals surface area contributed by atoms with Crippen LogP contribution >= 0.6 is 0 Å². The van der Waals surface area contributed by atoms with Crippen LogP contribution < -0.4 is 11.2 Å². The maximum absolute atomic E-state index is 12.0. The van der Waals surface area contributed by atoms with Crippen LogP contribution in [0.3, 0.4) is 0 Å². The van der Waals surface area contributed by atoms with Crippen LogP contribution in [0.1, 0.15) is 24.3 Å². The Bertz CT molecular complexity index is 741. The molecule has 1 N–H and O–H groups in total. The second-order valence-corrected chi connectivity index (χ2v) is 4.42. The normalized spacial score (nSPS) is 12.9. The molecule has 18 heavy (non-hydrogen) atoms. The summed E-state index contributed by atoms with van der Waals surface area (Å²) in [7, 11) is 2.99. The molecular weight excluding hydrogens is 234 g/mol. The predicted molar refractivity (Wildman–Crippen MR) is 67.6 cm³/mol. The molecule has 0 aromatic carbocycles. The third-order valence-electron chi connectivity index (χ3n) is 3.11. The van der Waals surface area contributed by atoms with Gasteiger partial charge in [0.1, 0.15) is 5.65 Å². The molecule has 0 aliphatic heterocycles. The minimum absolute atomic E-state index is 0.334. The molecule has 0 aliphatic carbocycles. The fraction of sp³-hybridized carbons (Fsp3) is 0.417. The van der Waals surface area contributed by atoms with Crippen molar-refractivity contribution in [3.63, 3.8) is 0 Å². The summed E-state index contributed by atoms with van der Waals surface area (Å²) in [6.07, 6.45) is -0.705. The van der Waals surface area contributed by atoms with Crippen LogP contribution in [0.25, 0.3) is 11.0 Å². The first-order chi connectivity index (χ1) is 8.34. The number of nitrogens with zero attached hydrogens (tertiary/aromatic N) is 3. The van der Waals surface area contributed by atoms with Crippen molar-refractivity contribution >= 4 is 11.0 Å². The molecule has 2 aromatic heterocycles. The molecular formula is C12H15N3O3. The zero-order valence-corrected chi connectivity index (χ0v) is 10.8. The van der Waals surface area contributed by atoms with Crippen LogP contribution in [0, 0.1) is 6.92 Å². The number of fused-ring (bicyclic) bond motifs is 1. The first-order valence-corrected chi connectivity index (χ1v) is 5.60. The number of rotatable bonds is 1. The largest absolute Gasteiger partial charge is 0.389 e. The molecule has 0 spiro atoms. The Hall–Kier alpha value is -1.95. The molecule has 0 fully saturated rings. The van der Waals surface area contributed by atoms with E-state index < -0.39 is 17.4 Å². The molecule has 0 saturated heterocycles. The highest BCUT2D eigenvalue weighted by Crippen LogP contribution is 2.18. The number of aryl methyl sites for hydroxylation is 2. The van der Waals surface area contributed by atoms with Crippen molar-refractivity contribution in [1.29, 1.82) is 0 Å². The van der Waals surface area contributed by atoms with Crippen LogP contribution in [0.4, 0.5) is 0 Å². The minimum atomic E-state index is -0.705. The van der Waals surface area contributed by atoms with Crippen molar-refractivity contribution in [3.05, 3.63) is 38.2 Å². The van der Waals surface area contributed by atoms with Gasteiger partial charge in [0.25, 0.3) is 5.56 Å². The monoisotopic (exact) mass is 249 g/mol. The molecule has 6 heteroatoms. The zero-order chi connectivity index (χ0) is 13.6. The summed E-state index contributed by atoms with van der Waals surface area (Å²) in [6, 6.07) is 1.60. The van der Waals surface area contributed by atoms with E-state index in [4.69, 9.17) is 0 Å². The number of aliphatic hydroxyl groups is 1. The average Bonchev–Trinajstić information content (AvgIpc) is 2.33. The molecule has 2 heterocycles. The molecule has 0 radical (unpaired) electrons. The van der Waals surface area contributed by atoms with E-state index in [1.54, 1.807) is 27.0 Å². The van der Waals surface area contributed by atoms with Gasteiger partial charge in [0.05, 0.1) is 11.5 Å². The van der Waals surface area contributed by atoms with E-state index in [9.17, 15) is 14.7 Å². The summed E-state index contributed by atoms with van der Waals surface area (Å²) in [5, 5.41) is 9.97. The van der Waals surface area contributed by atoms with E-state index in [1.807, 2.05) is 0 Å². The predicted octanol–water partition coefficient (Wildman–Crippen LogP) is -0.00608. The van der Waals surface area contributed by atoms with Crippen LogP contribution in [-0.4, -0.2) is 19.2 Å². The fourth-order valence-corrected chi connectivity index (χ4v) is 2.03. The average molecular weight is 249 g/mol. The Morgan fingerprint density at radius 1 is 1.28 bits per heavy atom. The van der Waals surface area contributed by atoms with Gasteiger partial charge in [-0.1, -0.05) is 0 Å². The number of aromatic nitrogens is 3. The van der Waals surface area contributed by atoms with E-state index in [-0.39, 0.29) is 0 Å². The van der Waals surface area contributed by atoms with Gasteiger partial charge in [-0.2, -0.15) is 0 Å². The number of pyridine rings is 1. The Morgan fingerprint density at radius 2 is 1.89 bits per heavy atom. The van der Waals surface area contributed by atoms with Crippen molar-refractivity contribution in [2.24, 2.45) is 14.1 Å². The highest BCUT2D eigenvalue weighted by Gasteiger charge is 2.14. The van der Waals surface area contributed by atoms with Gasteiger partial charge in [-0.05, 0) is 19.9 Å². The maximum Gasteiger partial charge on any atom is 0.332 e. The fourth-order valence-electron chi connectivity index (χ4n) is 2.03. The van der Waals surface area contributed by atoms with E-state index in [0.29, 0.717) is 22.3 Å². The third-order valence-corrected chi connectivity index (χ3v) is 3.11. The molecule has 1 unspecified atom stereocenters. The van der Waals surface area contributed by atoms with Crippen LogP contribution in [0.2, 0.25) is 0 Å². The highest BCUT2D eigenvalue weighted by molar-refractivity contribution is 5.75. The molecule has 2 rings (SSSR count). The summed E-state index contributed by atoms with van der Waals surface area (Å²) >= 11 is 0. The Morgan fingerprint density at radius 3 is 2.44 bits per heavy atom. The number of hydrogen-bond donors (Lipinski definition) is 1. The summed E-state index contributed by atoms with van der Waals surface area (Å²) in [5.41, 5.74) is 0.732. The first kappa shape index (κ1) is 12.5. The summed E-state index contributed by atoms with van der Waals surface area (Å²) < 4.78 is 2.36. The van der Waals surface area contributed by atoms with Gasteiger partial charge < -0.3 is 5.11 Å². The lowest BCUT2D eigenvalue weighted by Gasteiger charge is -2.12. The number of aliphatic hydroxyl groups excluding tert-OH is 1. The quantitative estimate of drug-likeness (QED) is 0.771. The maximum atomic E-state index is 12.0. The zero-order valence-electron chi connectivity index (χ0n) is 10.8. The van der Waals surface area contributed by atoms with Gasteiger partial charge in [-0.15, -0.1) is 0 Å². The van der Waals surface area contributed by atoms with Gasteiger partial charge in [0.15, 0.2) is 0 Å². The van der Waals surface area contributed by atoms with Crippen molar-refractivity contribution < 1.29 is 5.11 Å². The second-order valence-electron chi connectivity index (χ2n) is 4.42. The molecule has 6 nitrogen and oxygen atoms in total. The molecule has 0 amide bonds. The van der Waals surface area contributed by atoms with Gasteiger partial charge in [0.2, 0.25) is 0 Å². The molecule has 0 aliphatic rings. The molecule has 0 saturated carbocycles. The summed E-state index contributed by atoms with van der Waals surface area (Å²) in [5.74, 6) is 0. The van der Waals surface area contributed by atoms with E-state index >= 15 is 0 Å². The topological polar surface area (TPSA) is 77.1 Å².